The van der Waals surface area contributed by atoms with E-state index >= 15 is 0 Å². The number of rotatable bonds is 4. The van der Waals surface area contributed by atoms with Gasteiger partial charge < -0.3 is 10.1 Å². The predicted octanol–water partition coefficient (Wildman–Crippen LogP) is 3.82. The van der Waals surface area contributed by atoms with E-state index < -0.39 is 21.3 Å². The molecule has 3 heterocycles. The van der Waals surface area contributed by atoms with Crippen LogP contribution in [0.15, 0.2) is 35.4 Å². The average molecular weight is 464 g/mol. The number of nitrogens with one attached hydrogen (secondary N) is 1. The molecule has 2 aromatic rings. The van der Waals surface area contributed by atoms with Gasteiger partial charge in [0.15, 0.2) is 11.6 Å². The SMILES string of the molecule is CC1(C)CN(S(=O)(=O)c2cnc(N[C@@H]3C[C@@H]4OCCC[C@@H]43)c(F)c2)Cc2ccc(F)cc21. The van der Waals surface area contributed by atoms with E-state index in [0.29, 0.717) is 5.92 Å². The van der Waals surface area contributed by atoms with Crippen LogP contribution in [0.3, 0.4) is 0 Å². The number of benzene rings is 1. The molecule has 1 aromatic carbocycles. The number of halogens is 2. The van der Waals surface area contributed by atoms with E-state index in [1.165, 1.54) is 22.6 Å². The first-order chi connectivity index (χ1) is 15.1. The van der Waals surface area contributed by atoms with Gasteiger partial charge in [-0.1, -0.05) is 19.9 Å². The highest BCUT2D eigenvalue weighted by Gasteiger charge is 2.44. The fourth-order valence-corrected chi connectivity index (χ4v) is 6.75. The van der Waals surface area contributed by atoms with E-state index in [-0.39, 0.29) is 41.8 Å². The summed E-state index contributed by atoms with van der Waals surface area (Å²) in [7, 11) is -3.97. The molecule has 0 amide bonds. The fraction of sp³-hybridized carbons (Fsp3) is 0.522. The minimum atomic E-state index is -3.97. The maximum Gasteiger partial charge on any atom is 0.245 e. The van der Waals surface area contributed by atoms with Crippen LogP contribution in [0.4, 0.5) is 14.6 Å². The van der Waals surface area contributed by atoms with Crippen molar-refractivity contribution in [3.8, 4) is 0 Å². The maximum atomic E-state index is 14.8. The van der Waals surface area contributed by atoms with Crippen molar-refractivity contribution in [2.75, 3.05) is 18.5 Å². The van der Waals surface area contributed by atoms with E-state index in [2.05, 4.69) is 10.3 Å². The summed E-state index contributed by atoms with van der Waals surface area (Å²) in [6, 6.07) is 5.52. The van der Waals surface area contributed by atoms with Gasteiger partial charge >= 0.3 is 0 Å². The summed E-state index contributed by atoms with van der Waals surface area (Å²) in [4.78, 5) is 3.92. The van der Waals surface area contributed by atoms with E-state index in [1.807, 2.05) is 13.8 Å². The number of fused-ring (bicyclic) bond motifs is 2. The maximum absolute atomic E-state index is 14.8. The van der Waals surface area contributed by atoms with Crippen LogP contribution in [-0.2, 0) is 26.7 Å². The van der Waals surface area contributed by atoms with Crippen LogP contribution in [0.2, 0.25) is 0 Å². The predicted molar refractivity (Wildman–Crippen MR) is 116 cm³/mol. The van der Waals surface area contributed by atoms with Crippen molar-refractivity contribution in [1.82, 2.24) is 9.29 Å². The molecule has 1 saturated carbocycles. The topological polar surface area (TPSA) is 71.5 Å². The summed E-state index contributed by atoms with van der Waals surface area (Å²) in [5.74, 6) is -0.628. The van der Waals surface area contributed by atoms with E-state index in [9.17, 15) is 17.2 Å². The molecular weight excluding hydrogens is 436 g/mol. The summed E-state index contributed by atoms with van der Waals surface area (Å²) in [5, 5.41) is 3.13. The monoisotopic (exact) mass is 463 g/mol. The molecule has 32 heavy (non-hydrogen) atoms. The lowest BCUT2D eigenvalue weighted by molar-refractivity contribution is -0.0898. The van der Waals surface area contributed by atoms with Gasteiger partial charge in [-0.3, -0.25) is 0 Å². The molecule has 3 atom stereocenters. The van der Waals surface area contributed by atoms with Crippen LogP contribution in [0, 0.1) is 17.6 Å². The zero-order valence-corrected chi connectivity index (χ0v) is 19.0. The molecule has 1 aromatic heterocycles. The second-order valence-electron chi connectivity index (χ2n) is 9.66. The quantitative estimate of drug-likeness (QED) is 0.747. The molecule has 172 valence electrons. The van der Waals surface area contributed by atoms with Crippen LogP contribution >= 0.6 is 0 Å². The van der Waals surface area contributed by atoms with Crippen LogP contribution in [-0.4, -0.2) is 43.0 Å². The van der Waals surface area contributed by atoms with Crippen LogP contribution in [0.25, 0.3) is 0 Å². The van der Waals surface area contributed by atoms with Crippen LogP contribution in [0.5, 0.6) is 0 Å². The van der Waals surface area contributed by atoms with Gasteiger partial charge in [0.05, 0.1) is 6.10 Å². The van der Waals surface area contributed by atoms with Gasteiger partial charge in [0.1, 0.15) is 10.7 Å². The van der Waals surface area contributed by atoms with Crippen molar-refractivity contribution >= 4 is 15.8 Å². The van der Waals surface area contributed by atoms with Crippen molar-refractivity contribution < 1.29 is 21.9 Å². The van der Waals surface area contributed by atoms with E-state index in [4.69, 9.17) is 4.74 Å². The zero-order chi connectivity index (χ0) is 22.7. The smallest absolute Gasteiger partial charge is 0.245 e. The first-order valence-electron chi connectivity index (χ1n) is 11.0. The van der Waals surface area contributed by atoms with Crippen molar-refractivity contribution in [1.29, 1.82) is 0 Å². The number of ether oxygens (including phenoxy) is 1. The molecule has 0 unspecified atom stereocenters. The van der Waals surface area contributed by atoms with Crippen molar-refractivity contribution in [3.05, 3.63) is 53.2 Å². The van der Waals surface area contributed by atoms with Gasteiger partial charge in [-0.05, 0) is 48.6 Å². The number of aromatic nitrogens is 1. The van der Waals surface area contributed by atoms with Gasteiger partial charge in [-0.2, -0.15) is 4.31 Å². The number of anilines is 1. The van der Waals surface area contributed by atoms with Crippen molar-refractivity contribution in [3.63, 3.8) is 0 Å². The van der Waals surface area contributed by atoms with Gasteiger partial charge in [0.2, 0.25) is 10.0 Å². The third kappa shape index (κ3) is 3.70. The molecule has 1 aliphatic carbocycles. The molecule has 6 nitrogen and oxygen atoms in total. The van der Waals surface area contributed by atoms with E-state index in [1.54, 1.807) is 6.07 Å². The molecule has 2 aliphatic heterocycles. The highest BCUT2D eigenvalue weighted by Crippen LogP contribution is 2.40. The van der Waals surface area contributed by atoms with Gasteiger partial charge in [-0.15, -0.1) is 0 Å². The lowest BCUT2D eigenvalue weighted by Crippen LogP contribution is -2.53. The minimum absolute atomic E-state index is 0.0674. The molecule has 0 spiro atoms. The Morgan fingerprint density at radius 2 is 2.06 bits per heavy atom. The molecular formula is C23H27F2N3O3S. The van der Waals surface area contributed by atoms with Crippen LogP contribution in [0.1, 0.15) is 44.2 Å². The van der Waals surface area contributed by atoms with E-state index in [0.717, 1.165) is 43.1 Å². The molecule has 2 fully saturated rings. The Hall–Kier alpha value is -2.10. The molecule has 0 radical (unpaired) electrons. The molecule has 0 bridgehead atoms. The number of hydrogen-bond acceptors (Lipinski definition) is 5. The van der Waals surface area contributed by atoms with Gasteiger partial charge in [0, 0.05) is 43.3 Å². The standard InChI is InChI=1S/C23H27F2N3O3S/c1-23(2)13-28(12-14-5-6-15(24)8-18(14)23)32(29,30)16-9-19(25)22(26-11-16)27-20-10-21-17(20)4-3-7-31-21/h5-6,8-9,11,17,20-21H,3-4,7,10,12-13H2,1-2H3,(H,26,27)/t17-,20-,21+/m1/s1. The number of nitrogens with zero attached hydrogens (tertiary/aromatic N) is 2. The molecule has 1 N–H and O–H groups in total. The summed E-state index contributed by atoms with van der Waals surface area (Å²) in [6.45, 7) is 4.80. The molecule has 1 saturated heterocycles. The number of pyridine rings is 1. The summed E-state index contributed by atoms with van der Waals surface area (Å²) in [6.07, 6.45) is 4.26. The summed E-state index contributed by atoms with van der Waals surface area (Å²) >= 11 is 0. The lowest BCUT2D eigenvalue weighted by Gasteiger charge is -2.47. The van der Waals surface area contributed by atoms with Gasteiger partial charge in [-0.25, -0.2) is 22.2 Å². The van der Waals surface area contributed by atoms with Crippen molar-refractivity contribution in [2.24, 2.45) is 5.92 Å². The second kappa shape index (κ2) is 7.74. The average Bonchev–Trinajstić information content (AvgIpc) is 2.73. The Balaban J connectivity index is 1.36. The largest absolute Gasteiger partial charge is 0.378 e. The summed E-state index contributed by atoms with van der Waals surface area (Å²) in [5.41, 5.74) is 0.949. The van der Waals surface area contributed by atoms with Crippen molar-refractivity contribution in [2.45, 2.75) is 62.1 Å². The highest BCUT2D eigenvalue weighted by atomic mass is 32.2. The Morgan fingerprint density at radius 3 is 2.81 bits per heavy atom. The molecule has 9 heteroatoms. The highest BCUT2D eigenvalue weighted by molar-refractivity contribution is 7.89. The Kier molecular flexibility index (Phi) is 5.26. The van der Waals surface area contributed by atoms with Crippen LogP contribution < -0.4 is 5.32 Å². The molecule has 5 rings (SSSR count). The molecule has 3 aliphatic rings. The zero-order valence-electron chi connectivity index (χ0n) is 18.1. The first kappa shape index (κ1) is 21.7. The lowest BCUT2D eigenvalue weighted by atomic mass is 9.72. The third-order valence-corrected chi connectivity index (χ3v) is 8.75. The summed E-state index contributed by atoms with van der Waals surface area (Å²) < 4.78 is 62.2. The normalized spacial score (nSPS) is 27.2. The Labute approximate surface area is 187 Å². The van der Waals surface area contributed by atoms with Gasteiger partial charge in [0.25, 0.3) is 0 Å². The first-order valence-corrected chi connectivity index (χ1v) is 12.4. The number of hydrogen-bond donors (Lipinski definition) is 1. The number of sulfonamides is 1. The fourth-order valence-electron chi connectivity index (χ4n) is 5.21. The minimum Gasteiger partial charge on any atom is -0.378 e. The Bertz CT molecular complexity index is 1160. The second-order valence-corrected chi connectivity index (χ2v) is 11.6. The Morgan fingerprint density at radius 1 is 1.25 bits per heavy atom. The third-order valence-electron chi connectivity index (χ3n) is 6.99.